The monoisotopic (exact) mass is 275 g/mol. The molecule has 0 spiro atoms. The maximum Gasteiger partial charge on any atom is 0.217 e. The van der Waals surface area contributed by atoms with Crippen LogP contribution < -0.4 is 4.57 Å². The molecule has 5 nitrogen and oxygen atoms in total. The molecule has 0 aliphatic heterocycles. The van der Waals surface area contributed by atoms with Crippen LogP contribution in [0.25, 0.3) is 0 Å². The molecule has 0 aromatic carbocycles. The van der Waals surface area contributed by atoms with Crippen LogP contribution in [0.3, 0.4) is 0 Å². The van der Waals surface area contributed by atoms with E-state index >= 15 is 0 Å². The number of pyridine rings is 1. The summed E-state index contributed by atoms with van der Waals surface area (Å²) >= 11 is 0. The molecule has 0 saturated heterocycles. The minimum absolute atomic E-state index is 0.808. The normalized spacial score (nSPS) is 12.4. The maximum atomic E-state index is 9.22. The van der Waals surface area contributed by atoms with Crippen LogP contribution in [0.15, 0.2) is 30.6 Å². The second kappa shape index (κ2) is 9.02. The first-order valence-corrected chi connectivity index (χ1v) is 7.18. The number of aryl methyl sites for hydroxylation is 1. The second-order valence-corrected chi connectivity index (χ2v) is 5.14. The van der Waals surface area contributed by atoms with Crippen LogP contribution in [0.4, 0.5) is 0 Å². The van der Waals surface area contributed by atoms with Crippen LogP contribution in [-0.2, 0) is 21.1 Å². The molecule has 0 aliphatic carbocycles. The van der Waals surface area contributed by atoms with Crippen LogP contribution >= 0.6 is 0 Å². The van der Waals surface area contributed by atoms with Gasteiger partial charge in [-0.1, -0.05) is 26.3 Å². The standard InChI is InChI=1S/C11H18N.CH4O4S/c1-3-11(2)7-10-12-8-5-4-6-9-12;1-5-6(2,3)4/h4-6,8-9,11H,3,7,10H2,1-2H3;1H3,(H,2,3,4)/q+1;/p-1. The minimum Gasteiger partial charge on any atom is -0.726 e. The summed E-state index contributed by atoms with van der Waals surface area (Å²) < 4.78 is 33.3. The zero-order chi connectivity index (χ0) is 14.0. The summed E-state index contributed by atoms with van der Waals surface area (Å²) in [5.41, 5.74) is 0. The quantitative estimate of drug-likeness (QED) is 0.464. The molecule has 18 heavy (non-hydrogen) atoms. The van der Waals surface area contributed by atoms with Crippen molar-refractivity contribution in [3.63, 3.8) is 0 Å². The highest BCUT2D eigenvalue weighted by Crippen LogP contribution is 2.04. The van der Waals surface area contributed by atoms with E-state index in [9.17, 15) is 13.0 Å². The zero-order valence-corrected chi connectivity index (χ0v) is 11.9. The topological polar surface area (TPSA) is 70.3 Å². The average Bonchev–Trinajstić information content (AvgIpc) is 2.37. The van der Waals surface area contributed by atoms with Crippen LogP contribution in [0, 0.1) is 5.92 Å². The SMILES string of the molecule is CCC(C)CC[n+]1ccccc1.COS(=O)(=O)[O-]. The van der Waals surface area contributed by atoms with E-state index in [2.05, 4.69) is 53.2 Å². The van der Waals surface area contributed by atoms with Crippen LogP contribution in [0.1, 0.15) is 26.7 Å². The van der Waals surface area contributed by atoms with E-state index in [1.54, 1.807) is 0 Å². The number of aromatic nitrogens is 1. The minimum atomic E-state index is -4.41. The number of hydrogen-bond acceptors (Lipinski definition) is 4. The van der Waals surface area contributed by atoms with Crippen LogP contribution in [0.5, 0.6) is 0 Å². The van der Waals surface area contributed by atoms with Crippen molar-refractivity contribution in [3.8, 4) is 0 Å². The van der Waals surface area contributed by atoms with E-state index in [4.69, 9.17) is 0 Å². The van der Waals surface area contributed by atoms with E-state index in [1.165, 1.54) is 12.8 Å². The fourth-order valence-corrected chi connectivity index (χ4v) is 1.16. The molecule has 0 saturated carbocycles. The molecular weight excluding hydrogens is 254 g/mol. The Hall–Kier alpha value is -0.980. The van der Waals surface area contributed by atoms with E-state index in [0.29, 0.717) is 0 Å². The average molecular weight is 275 g/mol. The predicted molar refractivity (Wildman–Crippen MR) is 67.4 cm³/mol. The second-order valence-electron chi connectivity index (χ2n) is 3.99. The lowest BCUT2D eigenvalue weighted by Gasteiger charge is -2.03. The van der Waals surface area contributed by atoms with Gasteiger partial charge in [0.1, 0.15) is 6.54 Å². The summed E-state index contributed by atoms with van der Waals surface area (Å²) in [5.74, 6) is 0.845. The Balaban J connectivity index is 0.000000411. The largest absolute Gasteiger partial charge is 0.726 e. The fraction of sp³-hybridized carbons (Fsp3) is 0.583. The molecule has 1 heterocycles. The Bertz CT molecular complexity index is 405. The van der Waals surface area contributed by atoms with Gasteiger partial charge in [0.05, 0.1) is 7.11 Å². The van der Waals surface area contributed by atoms with Gasteiger partial charge in [-0.05, 0) is 5.92 Å². The summed E-state index contributed by atoms with van der Waals surface area (Å²) in [4.78, 5) is 0. The maximum absolute atomic E-state index is 9.22. The van der Waals surface area contributed by atoms with Crippen molar-refractivity contribution >= 4 is 10.4 Å². The zero-order valence-electron chi connectivity index (χ0n) is 11.1. The molecule has 0 radical (unpaired) electrons. The smallest absolute Gasteiger partial charge is 0.217 e. The van der Waals surface area contributed by atoms with E-state index < -0.39 is 10.4 Å². The third kappa shape index (κ3) is 10.2. The molecule has 0 N–H and O–H groups in total. The first kappa shape index (κ1) is 17.0. The summed E-state index contributed by atoms with van der Waals surface area (Å²) in [5, 5.41) is 0. The van der Waals surface area contributed by atoms with E-state index in [1.807, 2.05) is 0 Å². The first-order chi connectivity index (χ1) is 8.39. The van der Waals surface area contributed by atoms with Gasteiger partial charge in [0.25, 0.3) is 0 Å². The summed E-state index contributed by atoms with van der Waals surface area (Å²) in [7, 11) is -3.60. The summed E-state index contributed by atoms with van der Waals surface area (Å²) in [6.45, 7) is 5.71. The van der Waals surface area contributed by atoms with Crippen molar-refractivity contribution in [1.82, 2.24) is 0 Å². The molecule has 1 rings (SSSR count). The highest BCUT2D eigenvalue weighted by Gasteiger charge is 2.02. The Kier molecular flexibility index (Phi) is 8.53. The van der Waals surface area contributed by atoms with Gasteiger partial charge in [0, 0.05) is 18.6 Å². The molecule has 0 aliphatic rings. The van der Waals surface area contributed by atoms with Gasteiger partial charge in [-0.2, -0.15) is 0 Å². The molecule has 0 amide bonds. The van der Waals surface area contributed by atoms with Crippen molar-refractivity contribution in [2.24, 2.45) is 5.92 Å². The molecule has 1 atom stereocenters. The van der Waals surface area contributed by atoms with Crippen molar-refractivity contribution in [3.05, 3.63) is 30.6 Å². The summed E-state index contributed by atoms with van der Waals surface area (Å²) in [6, 6.07) is 6.22. The van der Waals surface area contributed by atoms with E-state index in [0.717, 1.165) is 19.6 Å². The van der Waals surface area contributed by atoms with Gasteiger partial charge in [-0.25, -0.2) is 13.0 Å². The van der Waals surface area contributed by atoms with Crippen LogP contribution in [0.2, 0.25) is 0 Å². The Morgan fingerprint density at radius 3 is 2.17 bits per heavy atom. The molecule has 1 aromatic heterocycles. The lowest BCUT2D eigenvalue weighted by atomic mass is 10.1. The van der Waals surface area contributed by atoms with Crippen molar-refractivity contribution < 1.29 is 21.7 Å². The fourth-order valence-electron chi connectivity index (χ4n) is 1.16. The third-order valence-electron chi connectivity index (χ3n) is 2.56. The number of nitrogens with zero attached hydrogens (tertiary/aromatic N) is 1. The highest BCUT2D eigenvalue weighted by molar-refractivity contribution is 7.80. The Morgan fingerprint density at radius 1 is 1.28 bits per heavy atom. The van der Waals surface area contributed by atoms with Crippen molar-refractivity contribution in [1.29, 1.82) is 0 Å². The third-order valence-corrected chi connectivity index (χ3v) is 2.97. The van der Waals surface area contributed by atoms with Gasteiger partial charge < -0.3 is 4.55 Å². The van der Waals surface area contributed by atoms with Gasteiger partial charge in [0.15, 0.2) is 12.4 Å². The summed E-state index contributed by atoms with van der Waals surface area (Å²) in [6.07, 6.45) is 6.82. The lowest BCUT2D eigenvalue weighted by molar-refractivity contribution is -0.698. The molecule has 104 valence electrons. The van der Waals surface area contributed by atoms with Crippen LogP contribution in [-0.4, -0.2) is 20.1 Å². The number of hydrogen-bond donors (Lipinski definition) is 0. The molecular formula is C12H21NO4S. The van der Waals surface area contributed by atoms with Gasteiger partial charge in [-0.15, -0.1) is 0 Å². The van der Waals surface area contributed by atoms with Gasteiger partial charge in [-0.3, -0.25) is 4.18 Å². The molecule has 1 unspecified atom stereocenters. The van der Waals surface area contributed by atoms with Gasteiger partial charge in [0.2, 0.25) is 10.4 Å². The van der Waals surface area contributed by atoms with Gasteiger partial charge >= 0.3 is 0 Å². The van der Waals surface area contributed by atoms with E-state index in [-0.39, 0.29) is 0 Å². The van der Waals surface area contributed by atoms with Crippen molar-refractivity contribution in [2.45, 2.75) is 33.2 Å². The molecule has 0 fully saturated rings. The molecule has 0 bridgehead atoms. The lowest BCUT2D eigenvalue weighted by Crippen LogP contribution is -2.33. The molecule has 6 heteroatoms. The van der Waals surface area contributed by atoms with Crippen molar-refractivity contribution in [2.75, 3.05) is 7.11 Å². The first-order valence-electron chi connectivity index (χ1n) is 5.84. The highest BCUT2D eigenvalue weighted by atomic mass is 32.3. The Labute approximate surface area is 109 Å². The Morgan fingerprint density at radius 2 is 1.78 bits per heavy atom. The number of rotatable bonds is 5. The molecule has 1 aromatic rings. The predicted octanol–water partition coefficient (Wildman–Crippen LogP) is 1.50.